The van der Waals surface area contributed by atoms with Crippen LogP contribution in [-0.2, 0) is 0 Å². The number of H-pyrrole nitrogens is 1. The molecule has 2 heterocycles. The summed E-state index contributed by atoms with van der Waals surface area (Å²) in [5, 5.41) is 8.81. The zero-order valence-electron chi connectivity index (χ0n) is 7.83. The van der Waals surface area contributed by atoms with Gasteiger partial charge in [0.25, 0.3) is 5.56 Å². The van der Waals surface area contributed by atoms with Crippen LogP contribution in [0.3, 0.4) is 0 Å². The Morgan fingerprint density at radius 1 is 1.40 bits per heavy atom. The molecule has 0 amide bonds. The predicted octanol–water partition coefficient (Wildman–Crippen LogP) is 0.661. The Kier molecular flexibility index (Phi) is 1.90. The van der Waals surface area contributed by atoms with Crippen LogP contribution >= 0.6 is 0 Å². The lowest BCUT2D eigenvalue weighted by molar-refractivity contribution is 0.557. The monoisotopic (exact) mass is 202 g/mol. The van der Waals surface area contributed by atoms with E-state index < -0.39 is 5.63 Å². The van der Waals surface area contributed by atoms with Gasteiger partial charge in [-0.2, -0.15) is 5.26 Å². The van der Waals surface area contributed by atoms with Crippen LogP contribution < -0.4 is 11.2 Å². The standard InChI is InChI=1S/C10H6N2O3/c1-5-2-8-7(9(13)12-5)3-6(4-11)10(14)15-8/h2-3H,1H3,(H,12,13). The SMILES string of the molecule is Cc1cc2oc(=O)c(C#N)cc2c(=O)[nH]1. The summed E-state index contributed by atoms with van der Waals surface area (Å²) in [6.45, 7) is 1.68. The molecule has 2 rings (SSSR count). The molecule has 2 aromatic heterocycles. The Labute approximate surface area is 83.6 Å². The van der Waals surface area contributed by atoms with E-state index in [2.05, 4.69) is 4.98 Å². The lowest BCUT2D eigenvalue weighted by atomic mass is 10.2. The first kappa shape index (κ1) is 9.21. The molecular weight excluding hydrogens is 196 g/mol. The number of hydrogen-bond donors (Lipinski definition) is 1. The van der Waals surface area contributed by atoms with Crippen LogP contribution in [0.4, 0.5) is 0 Å². The Hall–Kier alpha value is -2.35. The number of pyridine rings is 1. The van der Waals surface area contributed by atoms with Gasteiger partial charge in [-0.3, -0.25) is 4.79 Å². The number of rotatable bonds is 0. The van der Waals surface area contributed by atoms with E-state index in [1.54, 1.807) is 19.1 Å². The van der Waals surface area contributed by atoms with E-state index >= 15 is 0 Å². The summed E-state index contributed by atoms with van der Waals surface area (Å²) in [6.07, 6.45) is 0. The van der Waals surface area contributed by atoms with E-state index in [4.69, 9.17) is 9.68 Å². The molecule has 0 radical (unpaired) electrons. The highest BCUT2D eigenvalue weighted by molar-refractivity contribution is 5.76. The van der Waals surface area contributed by atoms with Gasteiger partial charge in [-0.1, -0.05) is 0 Å². The summed E-state index contributed by atoms with van der Waals surface area (Å²) in [5.41, 5.74) is -0.474. The van der Waals surface area contributed by atoms with Crippen LogP contribution in [0.5, 0.6) is 0 Å². The lowest BCUT2D eigenvalue weighted by Crippen LogP contribution is -2.11. The molecule has 0 aliphatic heterocycles. The Bertz CT molecular complexity index is 688. The van der Waals surface area contributed by atoms with Crippen LogP contribution in [0.2, 0.25) is 0 Å². The van der Waals surface area contributed by atoms with Gasteiger partial charge in [0.2, 0.25) is 0 Å². The maximum Gasteiger partial charge on any atom is 0.354 e. The van der Waals surface area contributed by atoms with Crippen molar-refractivity contribution in [3.63, 3.8) is 0 Å². The third kappa shape index (κ3) is 1.42. The van der Waals surface area contributed by atoms with Crippen molar-refractivity contribution < 1.29 is 4.42 Å². The summed E-state index contributed by atoms with van der Waals surface area (Å²) in [5.74, 6) is 0. The average molecular weight is 202 g/mol. The van der Waals surface area contributed by atoms with Crippen molar-refractivity contribution in [3.8, 4) is 6.07 Å². The second-order valence-corrected chi connectivity index (χ2v) is 3.12. The van der Waals surface area contributed by atoms with Crippen LogP contribution in [0, 0.1) is 18.3 Å². The van der Waals surface area contributed by atoms with Gasteiger partial charge in [0.1, 0.15) is 17.2 Å². The number of aryl methyl sites for hydroxylation is 1. The third-order valence-corrected chi connectivity index (χ3v) is 2.00. The molecule has 74 valence electrons. The van der Waals surface area contributed by atoms with Crippen LogP contribution in [-0.4, -0.2) is 4.98 Å². The van der Waals surface area contributed by atoms with Crippen molar-refractivity contribution in [3.05, 3.63) is 44.2 Å². The molecule has 0 aromatic carbocycles. The maximum atomic E-state index is 11.5. The van der Waals surface area contributed by atoms with E-state index in [1.165, 1.54) is 6.07 Å². The van der Waals surface area contributed by atoms with Crippen LogP contribution in [0.25, 0.3) is 11.0 Å². The van der Waals surface area contributed by atoms with Gasteiger partial charge >= 0.3 is 5.63 Å². The minimum absolute atomic E-state index is 0.170. The summed E-state index contributed by atoms with van der Waals surface area (Å²) in [6, 6.07) is 4.45. The molecule has 0 unspecified atom stereocenters. The summed E-state index contributed by atoms with van der Waals surface area (Å²) >= 11 is 0. The minimum Gasteiger partial charge on any atom is -0.421 e. The second kappa shape index (κ2) is 3.10. The van der Waals surface area contributed by atoms with E-state index in [1.807, 2.05) is 0 Å². The van der Waals surface area contributed by atoms with Crippen LogP contribution in [0.15, 0.2) is 26.1 Å². The molecule has 0 aliphatic rings. The molecule has 0 fully saturated rings. The first-order chi connectivity index (χ1) is 7.11. The lowest BCUT2D eigenvalue weighted by Gasteiger charge is -1.97. The van der Waals surface area contributed by atoms with Gasteiger partial charge in [-0.25, -0.2) is 4.79 Å². The number of nitriles is 1. The van der Waals surface area contributed by atoms with Crippen molar-refractivity contribution >= 4 is 11.0 Å². The van der Waals surface area contributed by atoms with Crippen molar-refractivity contribution in [1.29, 1.82) is 5.26 Å². The Morgan fingerprint density at radius 3 is 2.80 bits per heavy atom. The number of nitrogens with zero attached hydrogens (tertiary/aromatic N) is 1. The largest absolute Gasteiger partial charge is 0.421 e. The molecule has 2 aromatic rings. The first-order valence-corrected chi connectivity index (χ1v) is 4.19. The highest BCUT2D eigenvalue weighted by Gasteiger charge is 2.07. The van der Waals surface area contributed by atoms with Gasteiger partial charge < -0.3 is 9.40 Å². The summed E-state index contributed by atoms with van der Waals surface area (Å²) < 4.78 is 4.85. The molecule has 5 nitrogen and oxygen atoms in total. The predicted molar refractivity (Wildman–Crippen MR) is 52.6 cm³/mol. The molecule has 0 bridgehead atoms. The quantitative estimate of drug-likeness (QED) is 0.679. The zero-order valence-corrected chi connectivity index (χ0v) is 7.83. The topological polar surface area (TPSA) is 86.9 Å². The molecule has 1 N–H and O–H groups in total. The second-order valence-electron chi connectivity index (χ2n) is 3.12. The van der Waals surface area contributed by atoms with E-state index in [9.17, 15) is 9.59 Å². The average Bonchev–Trinajstić information content (AvgIpc) is 2.16. The number of hydrogen-bond acceptors (Lipinski definition) is 4. The normalized spacial score (nSPS) is 10.1. The highest BCUT2D eigenvalue weighted by atomic mass is 16.4. The fourth-order valence-electron chi connectivity index (χ4n) is 1.33. The number of aromatic nitrogens is 1. The summed E-state index contributed by atoms with van der Waals surface area (Å²) in [7, 11) is 0. The van der Waals surface area contributed by atoms with Crippen molar-refractivity contribution in [1.82, 2.24) is 4.98 Å². The summed E-state index contributed by atoms with van der Waals surface area (Å²) in [4.78, 5) is 25.2. The van der Waals surface area contributed by atoms with Gasteiger partial charge in [-0.15, -0.1) is 0 Å². The van der Waals surface area contributed by atoms with E-state index in [-0.39, 0.29) is 22.1 Å². The third-order valence-electron chi connectivity index (χ3n) is 2.00. The fourth-order valence-corrected chi connectivity index (χ4v) is 1.33. The Morgan fingerprint density at radius 2 is 2.13 bits per heavy atom. The van der Waals surface area contributed by atoms with E-state index in [0.717, 1.165) is 0 Å². The van der Waals surface area contributed by atoms with E-state index in [0.29, 0.717) is 5.69 Å². The highest BCUT2D eigenvalue weighted by Crippen LogP contribution is 2.08. The molecule has 0 spiro atoms. The Balaban J connectivity index is 3.02. The van der Waals surface area contributed by atoms with Crippen molar-refractivity contribution in [2.45, 2.75) is 6.92 Å². The molecule has 5 heteroatoms. The van der Waals surface area contributed by atoms with Gasteiger partial charge in [0, 0.05) is 11.8 Å². The fraction of sp³-hybridized carbons (Fsp3) is 0.100. The number of nitrogens with one attached hydrogen (secondary N) is 1. The zero-order chi connectivity index (χ0) is 11.0. The van der Waals surface area contributed by atoms with Gasteiger partial charge in [0.15, 0.2) is 0 Å². The van der Waals surface area contributed by atoms with Crippen molar-refractivity contribution in [2.75, 3.05) is 0 Å². The van der Waals surface area contributed by atoms with Crippen LogP contribution in [0.1, 0.15) is 11.3 Å². The molecule has 15 heavy (non-hydrogen) atoms. The molecular formula is C10H6N2O3. The molecule has 0 aliphatic carbocycles. The molecule has 0 saturated carbocycles. The van der Waals surface area contributed by atoms with Gasteiger partial charge in [0.05, 0.1) is 5.39 Å². The first-order valence-electron chi connectivity index (χ1n) is 4.19. The minimum atomic E-state index is -0.727. The smallest absolute Gasteiger partial charge is 0.354 e. The molecule has 0 saturated heterocycles. The number of fused-ring (bicyclic) bond motifs is 1. The number of aromatic amines is 1. The molecule has 0 atom stereocenters. The maximum absolute atomic E-state index is 11.5. The van der Waals surface area contributed by atoms with Gasteiger partial charge in [-0.05, 0) is 13.0 Å². The van der Waals surface area contributed by atoms with Crippen molar-refractivity contribution in [2.24, 2.45) is 0 Å².